The van der Waals surface area contributed by atoms with Gasteiger partial charge in [0.05, 0.1) is 6.04 Å². The maximum Gasteiger partial charge on any atom is 0.255 e. The molecular weight excluding hydrogens is 474 g/mol. The fourth-order valence-electron chi connectivity index (χ4n) is 5.98. The third-order valence-electron chi connectivity index (χ3n) is 7.79. The fourth-order valence-corrected chi connectivity index (χ4v) is 5.98. The number of hydrogen-bond acceptors (Lipinski definition) is 4. The summed E-state index contributed by atoms with van der Waals surface area (Å²) >= 11 is 0. The summed E-state index contributed by atoms with van der Waals surface area (Å²) in [5.74, 6) is 1.15. The molecule has 1 fully saturated rings. The number of rotatable bonds is 6. The number of piperazine rings is 1. The molecule has 0 aliphatic carbocycles. The van der Waals surface area contributed by atoms with E-state index in [-0.39, 0.29) is 23.8 Å². The van der Waals surface area contributed by atoms with E-state index in [2.05, 4.69) is 34.8 Å². The van der Waals surface area contributed by atoms with Crippen molar-refractivity contribution in [3.05, 3.63) is 95.8 Å². The van der Waals surface area contributed by atoms with Gasteiger partial charge in [0.25, 0.3) is 5.91 Å². The number of anilines is 1. The summed E-state index contributed by atoms with van der Waals surface area (Å²) < 4.78 is 0. The molecule has 2 aliphatic rings. The summed E-state index contributed by atoms with van der Waals surface area (Å²) in [5, 5.41) is 1.08. The summed E-state index contributed by atoms with van der Waals surface area (Å²) in [4.78, 5) is 42.1. The zero-order chi connectivity index (χ0) is 26.2. The van der Waals surface area contributed by atoms with E-state index in [4.69, 9.17) is 0 Å². The molecule has 2 amide bonds. The van der Waals surface area contributed by atoms with Crippen molar-refractivity contribution in [2.45, 2.75) is 32.4 Å². The maximum absolute atomic E-state index is 14.2. The summed E-state index contributed by atoms with van der Waals surface area (Å²) in [6.45, 7) is 6.89. The highest BCUT2D eigenvalue weighted by Crippen LogP contribution is 2.43. The summed E-state index contributed by atoms with van der Waals surface area (Å²) in [6, 6.07) is 21.0. The van der Waals surface area contributed by atoms with Crippen LogP contribution < -0.4 is 4.90 Å². The average Bonchev–Trinajstić information content (AvgIpc) is 3.50. The number of hydrogen-bond donors (Lipinski definition) is 1. The molecule has 194 valence electrons. The Morgan fingerprint density at radius 2 is 1.68 bits per heavy atom. The molecular formula is C31H33N5O2. The maximum atomic E-state index is 14.2. The number of fused-ring (bicyclic) bond motifs is 2. The van der Waals surface area contributed by atoms with Gasteiger partial charge < -0.3 is 19.7 Å². The minimum Gasteiger partial charge on any atom is -0.361 e. The van der Waals surface area contributed by atoms with Gasteiger partial charge in [-0.2, -0.15) is 0 Å². The number of para-hydroxylation sites is 1. The van der Waals surface area contributed by atoms with Gasteiger partial charge in [-0.05, 0) is 42.2 Å². The molecule has 1 saturated heterocycles. The highest BCUT2D eigenvalue weighted by atomic mass is 16.2. The van der Waals surface area contributed by atoms with Gasteiger partial charge in [0, 0.05) is 60.6 Å². The number of aromatic nitrogens is 2. The molecule has 4 aromatic rings. The number of H-pyrrole nitrogens is 1. The van der Waals surface area contributed by atoms with Crippen LogP contribution in [0.2, 0.25) is 0 Å². The Morgan fingerprint density at radius 1 is 0.947 bits per heavy atom. The molecule has 0 radical (unpaired) electrons. The monoisotopic (exact) mass is 507 g/mol. The lowest BCUT2D eigenvalue weighted by atomic mass is 9.94. The predicted octanol–water partition coefficient (Wildman–Crippen LogP) is 4.87. The molecule has 0 spiro atoms. The Bertz CT molecular complexity index is 1460. The lowest BCUT2D eigenvalue weighted by Crippen LogP contribution is -2.56. The second kappa shape index (κ2) is 9.97. The number of carbonyl (C=O) groups is 2. The van der Waals surface area contributed by atoms with E-state index in [1.807, 2.05) is 76.7 Å². The number of nitrogens with one attached hydrogen (secondary N) is 1. The van der Waals surface area contributed by atoms with E-state index in [0.717, 1.165) is 40.9 Å². The zero-order valence-electron chi connectivity index (χ0n) is 21.9. The van der Waals surface area contributed by atoms with Crippen LogP contribution in [0.25, 0.3) is 10.9 Å². The second-order valence-corrected chi connectivity index (χ2v) is 10.6. The van der Waals surface area contributed by atoms with E-state index in [1.165, 1.54) is 0 Å². The lowest BCUT2D eigenvalue weighted by molar-refractivity contribution is -0.137. The molecule has 38 heavy (non-hydrogen) atoms. The van der Waals surface area contributed by atoms with Crippen molar-refractivity contribution in [3.63, 3.8) is 0 Å². The first kappa shape index (κ1) is 24.2. The third kappa shape index (κ3) is 4.22. The normalized spacial score (nSPS) is 18.3. The number of carbonyl (C=O) groups excluding carboxylic acids is 2. The van der Waals surface area contributed by atoms with E-state index in [1.54, 1.807) is 6.20 Å². The first-order valence-electron chi connectivity index (χ1n) is 13.5. The quantitative estimate of drug-likeness (QED) is 0.404. The predicted molar refractivity (Wildman–Crippen MR) is 149 cm³/mol. The van der Waals surface area contributed by atoms with E-state index in [9.17, 15) is 9.59 Å². The van der Waals surface area contributed by atoms with Crippen molar-refractivity contribution in [2.24, 2.45) is 5.92 Å². The van der Waals surface area contributed by atoms with Gasteiger partial charge in [-0.25, -0.2) is 4.98 Å². The Labute approximate surface area is 223 Å². The lowest BCUT2D eigenvalue weighted by Gasteiger charge is -2.40. The zero-order valence-corrected chi connectivity index (χ0v) is 21.9. The smallest absolute Gasteiger partial charge is 0.255 e. The van der Waals surface area contributed by atoms with Crippen molar-refractivity contribution in [2.75, 3.05) is 31.1 Å². The minimum atomic E-state index is -0.546. The summed E-state index contributed by atoms with van der Waals surface area (Å²) in [7, 11) is 0. The highest BCUT2D eigenvalue weighted by molar-refractivity contribution is 6.03. The van der Waals surface area contributed by atoms with Crippen LogP contribution >= 0.6 is 0 Å². The molecule has 4 heterocycles. The first-order valence-corrected chi connectivity index (χ1v) is 13.5. The topological polar surface area (TPSA) is 72.5 Å². The molecule has 2 unspecified atom stereocenters. The van der Waals surface area contributed by atoms with Crippen molar-refractivity contribution < 1.29 is 9.59 Å². The molecule has 2 aromatic heterocycles. The number of aromatic amines is 1. The van der Waals surface area contributed by atoms with Crippen LogP contribution in [0.15, 0.2) is 79.1 Å². The molecule has 6 rings (SSSR count). The Balaban J connectivity index is 1.35. The van der Waals surface area contributed by atoms with Crippen molar-refractivity contribution in [1.29, 1.82) is 0 Å². The number of amides is 2. The molecule has 0 bridgehead atoms. The van der Waals surface area contributed by atoms with Crippen LogP contribution in [-0.2, 0) is 4.79 Å². The van der Waals surface area contributed by atoms with Gasteiger partial charge in [0.1, 0.15) is 11.9 Å². The number of benzene rings is 2. The molecule has 7 heteroatoms. The van der Waals surface area contributed by atoms with E-state index in [0.29, 0.717) is 25.1 Å². The standard InChI is InChI=1S/C31H33N5O2/c1-21(2)19-27(31(38)35-17-15-34(16-18-35)28-13-7-8-14-32-28)36-29(23-10-3-4-11-24(23)30(36)37)25-20-33-26-12-6-5-9-22(25)26/h3-14,20-21,27,29,33H,15-19H2,1-2H3. The van der Waals surface area contributed by atoms with Crippen LogP contribution in [0.3, 0.4) is 0 Å². The SMILES string of the molecule is CC(C)CC(C(=O)N1CCN(c2ccccn2)CC1)N1C(=O)c2ccccc2C1c1c[nH]c2ccccc12. The summed E-state index contributed by atoms with van der Waals surface area (Å²) in [6.07, 6.45) is 4.41. The molecule has 0 saturated carbocycles. The van der Waals surface area contributed by atoms with Crippen LogP contribution in [0.4, 0.5) is 5.82 Å². The van der Waals surface area contributed by atoms with Crippen molar-refractivity contribution in [3.8, 4) is 0 Å². The van der Waals surface area contributed by atoms with Gasteiger partial charge in [0.15, 0.2) is 0 Å². The molecule has 7 nitrogen and oxygen atoms in total. The van der Waals surface area contributed by atoms with E-state index >= 15 is 0 Å². The molecule has 2 aliphatic heterocycles. The highest BCUT2D eigenvalue weighted by Gasteiger charge is 2.46. The average molecular weight is 508 g/mol. The van der Waals surface area contributed by atoms with Crippen LogP contribution in [-0.4, -0.2) is 63.8 Å². The van der Waals surface area contributed by atoms with Gasteiger partial charge in [-0.1, -0.05) is 56.3 Å². The van der Waals surface area contributed by atoms with Crippen LogP contribution in [0.5, 0.6) is 0 Å². The fraction of sp³-hybridized carbons (Fsp3) is 0.323. The Morgan fingerprint density at radius 3 is 2.45 bits per heavy atom. The second-order valence-electron chi connectivity index (χ2n) is 10.6. The number of nitrogens with zero attached hydrogens (tertiary/aromatic N) is 4. The molecule has 2 aromatic carbocycles. The van der Waals surface area contributed by atoms with Gasteiger partial charge in [0.2, 0.25) is 5.91 Å². The first-order chi connectivity index (χ1) is 18.5. The Hall–Kier alpha value is -4.13. The Kier molecular flexibility index (Phi) is 6.35. The van der Waals surface area contributed by atoms with Crippen LogP contribution in [0, 0.1) is 5.92 Å². The van der Waals surface area contributed by atoms with Crippen molar-refractivity contribution in [1.82, 2.24) is 19.8 Å². The van der Waals surface area contributed by atoms with Gasteiger partial charge >= 0.3 is 0 Å². The molecule has 1 N–H and O–H groups in total. The molecule has 2 atom stereocenters. The largest absolute Gasteiger partial charge is 0.361 e. The van der Waals surface area contributed by atoms with Crippen molar-refractivity contribution >= 4 is 28.5 Å². The minimum absolute atomic E-state index is 0.0327. The van der Waals surface area contributed by atoms with Crippen LogP contribution in [0.1, 0.15) is 47.8 Å². The summed E-state index contributed by atoms with van der Waals surface area (Å²) in [5.41, 5.74) is 3.70. The van der Waals surface area contributed by atoms with Gasteiger partial charge in [-0.3, -0.25) is 9.59 Å². The third-order valence-corrected chi connectivity index (χ3v) is 7.79. The van der Waals surface area contributed by atoms with Gasteiger partial charge in [-0.15, -0.1) is 0 Å². The number of pyridine rings is 1. The van der Waals surface area contributed by atoms with E-state index < -0.39 is 6.04 Å².